The number of alkyl halides is 3. The lowest BCUT2D eigenvalue weighted by Crippen LogP contribution is -1.97. The van der Waals surface area contributed by atoms with Crippen LogP contribution in [0.15, 0.2) is 0 Å². The molecule has 0 aliphatic heterocycles. The van der Waals surface area contributed by atoms with Crippen molar-refractivity contribution in [2.24, 2.45) is 5.14 Å². The molecule has 0 amide bonds. The molecular formula is CH3F3NO2S-. The average Bonchev–Trinajstić information content (AvgIpc) is 1.25. The lowest BCUT2D eigenvalue weighted by Gasteiger charge is -1.85. The molecule has 0 spiro atoms. The molecular weight excluding hydrogens is 147 g/mol. The van der Waals surface area contributed by atoms with Crippen LogP contribution in [-0.2, 0) is 11.3 Å². The van der Waals surface area contributed by atoms with Crippen molar-refractivity contribution in [2.75, 3.05) is 0 Å². The minimum atomic E-state index is -3.67. The largest absolute Gasteiger partial charge is 0.760 e. The molecule has 0 rings (SSSR count). The number of rotatable bonds is 0. The molecule has 1 atom stereocenters. The highest BCUT2D eigenvalue weighted by molar-refractivity contribution is 7.76. The summed E-state index contributed by atoms with van der Waals surface area (Å²) in [6, 6.07) is 0. The Kier molecular flexibility index (Phi) is 9.24. The molecule has 0 aromatic heterocycles. The maximum Gasteiger partial charge on any atom is 0.379 e. The predicted molar refractivity (Wildman–Crippen MR) is 20.2 cm³/mol. The number of hydrogen-bond acceptors (Lipinski definition) is 2. The Bertz CT molecular complexity index is 61.5. The van der Waals surface area contributed by atoms with E-state index in [1.165, 1.54) is 0 Å². The summed E-state index contributed by atoms with van der Waals surface area (Å²) < 4.78 is 46.6. The quantitative estimate of drug-likeness (QED) is 0.490. The molecule has 2 N–H and O–H groups in total. The van der Waals surface area contributed by atoms with E-state index in [9.17, 15) is 13.2 Å². The summed E-state index contributed by atoms with van der Waals surface area (Å²) in [4.78, 5) is 0. The summed E-state index contributed by atoms with van der Waals surface area (Å²) in [6.45, 7) is -3.67. The van der Waals surface area contributed by atoms with E-state index in [-0.39, 0.29) is 0 Å². The van der Waals surface area contributed by atoms with E-state index in [1.54, 1.807) is 0 Å². The zero-order valence-corrected chi connectivity index (χ0v) is 4.33. The highest BCUT2D eigenvalue weighted by Gasteiger charge is 1.86. The second-order valence-electron chi connectivity index (χ2n) is 0.508. The van der Waals surface area contributed by atoms with Gasteiger partial charge in [0.1, 0.15) is 0 Å². The van der Waals surface area contributed by atoms with Crippen LogP contribution in [0.1, 0.15) is 0 Å². The average molecular weight is 150 g/mol. The normalized spacial score (nSPS) is 12.2. The molecule has 8 heavy (non-hydrogen) atoms. The first-order chi connectivity index (χ1) is 3.46. The molecule has 0 fully saturated rings. The van der Waals surface area contributed by atoms with Crippen LogP contribution >= 0.6 is 0 Å². The Hall–Kier alpha value is -0.140. The number of hydrogen-bond donors (Lipinski definition) is 1. The molecule has 7 heteroatoms. The molecule has 0 saturated heterocycles. The van der Waals surface area contributed by atoms with Crippen molar-refractivity contribution < 1.29 is 21.9 Å². The fourth-order valence-corrected chi connectivity index (χ4v) is 0. The van der Waals surface area contributed by atoms with Gasteiger partial charge in [-0.1, -0.05) is 0 Å². The Labute approximate surface area is 46.1 Å². The Morgan fingerprint density at radius 3 is 1.50 bits per heavy atom. The second-order valence-corrected chi connectivity index (χ2v) is 1.03. The smallest absolute Gasteiger partial charge is 0.379 e. The fraction of sp³-hybridized carbons (Fsp3) is 1.00. The van der Waals surface area contributed by atoms with Gasteiger partial charge in [0.15, 0.2) is 0 Å². The maximum absolute atomic E-state index is 9.67. The predicted octanol–water partition coefficient (Wildman–Crippen LogP) is -0.0823. The van der Waals surface area contributed by atoms with E-state index in [4.69, 9.17) is 8.76 Å². The molecule has 0 aromatic carbocycles. The Morgan fingerprint density at radius 1 is 1.50 bits per heavy atom. The monoisotopic (exact) mass is 150 g/mol. The number of nitrogens with two attached hydrogens (primary N) is 1. The second kappa shape index (κ2) is 6.86. The molecule has 0 heterocycles. The van der Waals surface area contributed by atoms with Crippen molar-refractivity contribution in [3.63, 3.8) is 0 Å². The van der Waals surface area contributed by atoms with Gasteiger partial charge in [0.25, 0.3) is 0 Å². The summed E-state index contributed by atoms with van der Waals surface area (Å²) in [7, 11) is 0. The zero-order chi connectivity index (χ0) is 7.15. The highest BCUT2D eigenvalue weighted by atomic mass is 32.2. The van der Waals surface area contributed by atoms with E-state index in [2.05, 4.69) is 5.14 Å². The van der Waals surface area contributed by atoms with E-state index >= 15 is 0 Å². The Balaban J connectivity index is 0. The third kappa shape index (κ3) is 7060. The van der Waals surface area contributed by atoms with Crippen LogP contribution in [-0.4, -0.2) is 15.4 Å². The van der Waals surface area contributed by atoms with Crippen molar-refractivity contribution in [1.82, 2.24) is 0 Å². The van der Waals surface area contributed by atoms with Gasteiger partial charge in [-0.15, -0.1) is 0 Å². The first-order valence-electron chi connectivity index (χ1n) is 1.22. The van der Waals surface area contributed by atoms with Gasteiger partial charge >= 0.3 is 6.68 Å². The first-order valence-corrected chi connectivity index (χ1v) is 2.36. The topological polar surface area (TPSA) is 66.2 Å². The van der Waals surface area contributed by atoms with Gasteiger partial charge in [-0.2, -0.15) is 13.2 Å². The fourth-order valence-electron chi connectivity index (χ4n) is 0. The van der Waals surface area contributed by atoms with Crippen LogP contribution in [0.5, 0.6) is 0 Å². The van der Waals surface area contributed by atoms with E-state index in [0.717, 1.165) is 0 Å². The summed E-state index contributed by atoms with van der Waals surface area (Å²) in [5.41, 5.74) is 0. The van der Waals surface area contributed by atoms with Crippen molar-refractivity contribution in [2.45, 2.75) is 6.68 Å². The third-order valence-electron chi connectivity index (χ3n) is 0. The van der Waals surface area contributed by atoms with Crippen LogP contribution in [0, 0.1) is 0 Å². The summed E-state index contributed by atoms with van der Waals surface area (Å²) in [5.74, 6) is 0. The number of halogens is 3. The molecule has 0 radical (unpaired) electrons. The molecule has 1 unspecified atom stereocenters. The zero-order valence-electron chi connectivity index (χ0n) is 3.51. The van der Waals surface area contributed by atoms with E-state index in [0.29, 0.717) is 0 Å². The van der Waals surface area contributed by atoms with Gasteiger partial charge in [0.2, 0.25) is 0 Å². The first kappa shape index (κ1) is 10.8. The molecule has 0 bridgehead atoms. The van der Waals surface area contributed by atoms with Crippen molar-refractivity contribution in [1.29, 1.82) is 0 Å². The minimum Gasteiger partial charge on any atom is -0.760 e. The summed E-state index contributed by atoms with van der Waals surface area (Å²) in [5, 5.41) is 4.03. The maximum atomic E-state index is 9.67. The third-order valence-corrected chi connectivity index (χ3v) is 0. The lowest BCUT2D eigenvalue weighted by molar-refractivity contribution is 0.00819. The molecule has 0 aliphatic rings. The molecule has 0 aliphatic carbocycles. The highest BCUT2D eigenvalue weighted by Crippen LogP contribution is 1.87. The van der Waals surface area contributed by atoms with Crippen molar-refractivity contribution in [3.8, 4) is 0 Å². The molecule has 52 valence electrons. The van der Waals surface area contributed by atoms with Gasteiger partial charge in [0, 0.05) is 11.3 Å². The van der Waals surface area contributed by atoms with Gasteiger partial charge < -0.3 is 4.55 Å². The summed E-state index contributed by atoms with van der Waals surface area (Å²) in [6.07, 6.45) is 0. The van der Waals surface area contributed by atoms with Crippen molar-refractivity contribution in [3.05, 3.63) is 0 Å². The Morgan fingerprint density at radius 2 is 1.50 bits per heavy atom. The van der Waals surface area contributed by atoms with E-state index < -0.39 is 17.9 Å². The lowest BCUT2D eigenvalue weighted by atomic mass is 11.6. The molecule has 0 saturated carbocycles. The molecule has 0 aromatic rings. The summed E-state index contributed by atoms with van der Waals surface area (Å²) >= 11 is -2.36. The molecule has 3 nitrogen and oxygen atoms in total. The van der Waals surface area contributed by atoms with Crippen LogP contribution in [0.2, 0.25) is 0 Å². The van der Waals surface area contributed by atoms with E-state index in [1.807, 2.05) is 0 Å². The van der Waals surface area contributed by atoms with Crippen LogP contribution in [0.3, 0.4) is 0 Å². The minimum absolute atomic E-state index is 2.36. The van der Waals surface area contributed by atoms with Crippen molar-refractivity contribution >= 4 is 11.3 Å². The van der Waals surface area contributed by atoms with Crippen LogP contribution < -0.4 is 5.14 Å². The standard InChI is InChI=1S/CHF3.H3NO2S/c2-1(3)4;1-4(2)3/h1H;1H2,(H,2,3)/p-1. The SMILES string of the molecule is FC(F)F.NS(=O)[O-]. The van der Waals surface area contributed by atoms with Gasteiger partial charge in [-0.05, 0) is 0 Å². The van der Waals surface area contributed by atoms with Gasteiger partial charge in [-0.25, -0.2) is 0 Å². The van der Waals surface area contributed by atoms with Crippen LogP contribution in [0.25, 0.3) is 0 Å². The van der Waals surface area contributed by atoms with Gasteiger partial charge in [-0.3, -0.25) is 9.35 Å². The van der Waals surface area contributed by atoms with Gasteiger partial charge in [0.05, 0.1) is 0 Å². The van der Waals surface area contributed by atoms with Crippen LogP contribution in [0.4, 0.5) is 13.2 Å².